The van der Waals surface area contributed by atoms with Crippen molar-refractivity contribution < 1.29 is 18.3 Å². The van der Waals surface area contributed by atoms with E-state index in [1.54, 1.807) is 0 Å². The average molecular weight is 349 g/mol. The monoisotopic (exact) mass is 348 g/mol. The number of alkyl halides is 3. The molecule has 2 aromatic rings. The highest BCUT2D eigenvalue weighted by molar-refractivity contribution is 5.85. The van der Waals surface area contributed by atoms with Crippen LogP contribution in [-0.2, 0) is 12.6 Å². The van der Waals surface area contributed by atoms with Crippen LogP contribution in [0.15, 0.2) is 30.3 Å². The molecule has 0 aliphatic heterocycles. The maximum atomic E-state index is 12.6. The minimum atomic E-state index is -4.33. The van der Waals surface area contributed by atoms with E-state index >= 15 is 0 Å². The molecular weight excluding hydrogens is 329 g/mol. The number of benzene rings is 1. The van der Waals surface area contributed by atoms with Crippen LogP contribution in [0.25, 0.3) is 5.69 Å². The zero-order valence-electron chi connectivity index (χ0n) is 12.9. The van der Waals surface area contributed by atoms with Crippen molar-refractivity contribution in [3.8, 4) is 5.69 Å². The number of rotatable bonds is 4. The molecular formula is C16H20ClF3N2O. The van der Waals surface area contributed by atoms with Gasteiger partial charge in [-0.05, 0) is 56.2 Å². The van der Waals surface area contributed by atoms with E-state index in [1.165, 1.54) is 12.1 Å². The summed E-state index contributed by atoms with van der Waals surface area (Å²) in [7, 11) is 0. The molecule has 1 aromatic carbocycles. The first-order valence-electron chi connectivity index (χ1n) is 6.96. The average Bonchev–Trinajstić information content (AvgIpc) is 2.72. The molecule has 1 unspecified atom stereocenters. The molecule has 0 saturated heterocycles. The lowest BCUT2D eigenvalue weighted by Gasteiger charge is -2.13. The fourth-order valence-electron chi connectivity index (χ4n) is 2.58. The number of nitrogens with zero attached hydrogens (tertiary/aromatic N) is 1. The molecule has 1 heterocycles. The smallest absolute Gasteiger partial charge is 0.395 e. The minimum Gasteiger partial charge on any atom is -0.395 e. The van der Waals surface area contributed by atoms with Gasteiger partial charge in [-0.15, -0.1) is 12.4 Å². The highest BCUT2D eigenvalue weighted by Gasteiger charge is 2.30. The number of aliphatic hydroxyl groups is 1. The van der Waals surface area contributed by atoms with Crippen molar-refractivity contribution >= 4 is 12.4 Å². The quantitative estimate of drug-likeness (QED) is 0.889. The third-order valence-electron chi connectivity index (χ3n) is 3.71. The van der Waals surface area contributed by atoms with E-state index in [4.69, 9.17) is 10.8 Å². The molecule has 0 bridgehead atoms. The van der Waals surface area contributed by atoms with Crippen molar-refractivity contribution in [3.63, 3.8) is 0 Å². The van der Waals surface area contributed by atoms with Crippen molar-refractivity contribution in [1.29, 1.82) is 0 Å². The number of aliphatic hydroxyl groups excluding tert-OH is 1. The Labute approximate surface area is 139 Å². The SMILES string of the molecule is Cc1cc(CC(N)CO)c(C)n1-c1ccc(C(F)(F)F)cc1.Cl. The number of hydrogen-bond acceptors (Lipinski definition) is 2. The molecule has 0 amide bonds. The van der Waals surface area contributed by atoms with E-state index in [-0.39, 0.29) is 25.1 Å². The summed E-state index contributed by atoms with van der Waals surface area (Å²) in [5, 5.41) is 9.05. The van der Waals surface area contributed by atoms with Gasteiger partial charge in [0.1, 0.15) is 0 Å². The standard InChI is InChI=1S/C16H19F3N2O.ClH/c1-10-7-12(8-14(20)9-22)11(2)21(10)15-5-3-13(4-6-15)16(17,18)19;/h3-7,14,22H,8-9,20H2,1-2H3;1H. The molecule has 1 aromatic heterocycles. The molecule has 0 spiro atoms. The van der Waals surface area contributed by atoms with Crippen LogP contribution in [0, 0.1) is 13.8 Å². The summed E-state index contributed by atoms with van der Waals surface area (Å²) in [4.78, 5) is 0. The Morgan fingerprint density at radius 1 is 1.17 bits per heavy atom. The van der Waals surface area contributed by atoms with Crippen LogP contribution in [-0.4, -0.2) is 22.3 Å². The number of aryl methyl sites for hydroxylation is 1. The Bertz CT molecular complexity index is 651. The number of nitrogens with two attached hydrogens (primary N) is 1. The second kappa shape index (κ2) is 7.38. The number of halogens is 4. The predicted octanol–water partition coefficient (Wildman–Crippen LogP) is 3.40. The van der Waals surface area contributed by atoms with Crippen LogP contribution in [0.3, 0.4) is 0 Å². The molecule has 0 radical (unpaired) electrons. The fourth-order valence-corrected chi connectivity index (χ4v) is 2.58. The van der Waals surface area contributed by atoms with Gasteiger partial charge in [0.2, 0.25) is 0 Å². The van der Waals surface area contributed by atoms with Gasteiger partial charge in [-0.3, -0.25) is 0 Å². The van der Waals surface area contributed by atoms with Crippen molar-refractivity contribution in [2.75, 3.05) is 6.61 Å². The van der Waals surface area contributed by atoms with Gasteiger partial charge in [0.05, 0.1) is 12.2 Å². The van der Waals surface area contributed by atoms with Gasteiger partial charge in [-0.1, -0.05) is 0 Å². The highest BCUT2D eigenvalue weighted by atomic mass is 35.5. The third-order valence-corrected chi connectivity index (χ3v) is 3.71. The summed E-state index contributed by atoms with van der Waals surface area (Å²) >= 11 is 0. The van der Waals surface area contributed by atoms with E-state index in [2.05, 4.69) is 0 Å². The van der Waals surface area contributed by atoms with E-state index in [1.807, 2.05) is 24.5 Å². The second-order valence-corrected chi connectivity index (χ2v) is 5.42. The summed E-state index contributed by atoms with van der Waals surface area (Å²) < 4.78 is 39.8. The summed E-state index contributed by atoms with van der Waals surface area (Å²) in [6.07, 6.45) is -3.81. The van der Waals surface area contributed by atoms with E-state index in [9.17, 15) is 13.2 Å². The van der Waals surface area contributed by atoms with Gasteiger partial charge in [-0.25, -0.2) is 0 Å². The lowest BCUT2D eigenvalue weighted by molar-refractivity contribution is -0.137. The third kappa shape index (κ3) is 4.28. The van der Waals surface area contributed by atoms with E-state index in [0.29, 0.717) is 12.1 Å². The predicted molar refractivity (Wildman–Crippen MR) is 86.3 cm³/mol. The molecule has 1 atom stereocenters. The van der Waals surface area contributed by atoms with Crippen molar-refractivity contribution in [1.82, 2.24) is 4.57 Å². The fraction of sp³-hybridized carbons (Fsp3) is 0.375. The first-order valence-corrected chi connectivity index (χ1v) is 6.96. The lowest BCUT2D eigenvalue weighted by atomic mass is 10.1. The largest absolute Gasteiger partial charge is 0.416 e. The topological polar surface area (TPSA) is 51.2 Å². The zero-order valence-corrected chi connectivity index (χ0v) is 13.7. The maximum Gasteiger partial charge on any atom is 0.416 e. The van der Waals surface area contributed by atoms with Crippen LogP contribution in [0.5, 0.6) is 0 Å². The number of aromatic nitrogens is 1. The van der Waals surface area contributed by atoms with E-state index in [0.717, 1.165) is 29.1 Å². The molecule has 3 N–H and O–H groups in total. The van der Waals surface area contributed by atoms with Gasteiger partial charge in [-0.2, -0.15) is 13.2 Å². The Balaban J connectivity index is 0.00000264. The molecule has 0 aliphatic carbocycles. The van der Waals surface area contributed by atoms with Crippen molar-refractivity contribution in [2.24, 2.45) is 5.73 Å². The molecule has 128 valence electrons. The summed E-state index contributed by atoms with van der Waals surface area (Å²) in [6.45, 7) is 3.67. The summed E-state index contributed by atoms with van der Waals surface area (Å²) in [6, 6.07) is 6.67. The normalized spacial score (nSPS) is 12.8. The molecule has 0 aliphatic rings. The van der Waals surface area contributed by atoms with Crippen LogP contribution in [0.1, 0.15) is 22.5 Å². The first kappa shape index (κ1) is 19.5. The maximum absolute atomic E-state index is 12.6. The summed E-state index contributed by atoms with van der Waals surface area (Å²) in [5.74, 6) is 0. The van der Waals surface area contributed by atoms with Crippen LogP contribution < -0.4 is 5.73 Å². The highest BCUT2D eigenvalue weighted by Crippen LogP contribution is 2.30. The van der Waals surface area contributed by atoms with Crippen LogP contribution in [0.2, 0.25) is 0 Å². The van der Waals surface area contributed by atoms with Gasteiger partial charge in [0.15, 0.2) is 0 Å². The van der Waals surface area contributed by atoms with Gasteiger partial charge >= 0.3 is 6.18 Å². The molecule has 0 fully saturated rings. The van der Waals surface area contributed by atoms with Crippen molar-refractivity contribution in [3.05, 3.63) is 52.8 Å². The van der Waals surface area contributed by atoms with Crippen LogP contribution in [0.4, 0.5) is 13.2 Å². The molecule has 23 heavy (non-hydrogen) atoms. The number of hydrogen-bond donors (Lipinski definition) is 2. The van der Waals surface area contributed by atoms with E-state index < -0.39 is 11.7 Å². The Hall–Kier alpha value is -1.50. The molecule has 2 rings (SSSR count). The van der Waals surface area contributed by atoms with Crippen LogP contribution >= 0.6 is 12.4 Å². The Morgan fingerprint density at radius 3 is 2.22 bits per heavy atom. The Morgan fingerprint density at radius 2 is 1.74 bits per heavy atom. The van der Waals surface area contributed by atoms with Gasteiger partial charge < -0.3 is 15.4 Å². The minimum absolute atomic E-state index is 0. The molecule has 7 heteroatoms. The van der Waals surface area contributed by atoms with Crippen molar-refractivity contribution in [2.45, 2.75) is 32.5 Å². The first-order chi connectivity index (χ1) is 10.2. The lowest BCUT2D eigenvalue weighted by Crippen LogP contribution is -2.27. The zero-order chi connectivity index (χ0) is 16.5. The van der Waals surface area contributed by atoms with Gasteiger partial charge in [0.25, 0.3) is 0 Å². The Kier molecular flexibility index (Phi) is 6.27. The molecule has 0 saturated carbocycles. The van der Waals surface area contributed by atoms with Gasteiger partial charge in [0, 0.05) is 23.1 Å². The summed E-state index contributed by atoms with van der Waals surface area (Å²) in [5.41, 5.74) is 8.58. The second-order valence-electron chi connectivity index (χ2n) is 5.42. The molecule has 3 nitrogen and oxygen atoms in total.